The number of rotatable bonds is 8. The van der Waals surface area contributed by atoms with Crippen LogP contribution >= 0.6 is 0 Å². The highest BCUT2D eigenvalue weighted by atomic mass is 32.2. The largest absolute Gasteiger partial charge is 0.417 e. The first-order valence-corrected chi connectivity index (χ1v) is 12.7. The van der Waals surface area contributed by atoms with E-state index in [0.29, 0.717) is 23.8 Å². The van der Waals surface area contributed by atoms with E-state index in [9.17, 15) is 34.8 Å². The van der Waals surface area contributed by atoms with Crippen molar-refractivity contribution in [3.8, 4) is 0 Å². The molecule has 2 N–H and O–H groups in total. The van der Waals surface area contributed by atoms with Gasteiger partial charge >= 0.3 is 6.18 Å². The van der Waals surface area contributed by atoms with Crippen molar-refractivity contribution in [2.45, 2.75) is 20.9 Å². The van der Waals surface area contributed by atoms with Crippen molar-refractivity contribution < 1.29 is 34.8 Å². The number of nitrogens with one attached hydrogen (secondary N) is 2. The molecule has 1 amide bonds. The summed E-state index contributed by atoms with van der Waals surface area (Å²) in [6.07, 6.45) is -5.05. The lowest BCUT2D eigenvalue weighted by molar-refractivity contribution is -0.139. The van der Waals surface area contributed by atoms with Crippen molar-refractivity contribution in [1.29, 1.82) is 0 Å². The molecule has 3 rings (SSSR count). The molecule has 0 atom stereocenters. The van der Waals surface area contributed by atoms with E-state index in [4.69, 9.17) is 0 Å². The fourth-order valence-electron chi connectivity index (χ4n) is 2.99. The molecule has 0 aliphatic heterocycles. The number of sulfone groups is 1. The second-order valence-electron chi connectivity index (χ2n) is 6.99. The van der Waals surface area contributed by atoms with Crippen molar-refractivity contribution in [2.75, 3.05) is 13.1 Å². The lowest BCUT2D eigenvalue weighted by atomic mass is 10.2. The third-order valence-corrected chi connectivity index (χ3v) is 7.92. The van der Waals surface area contributed by atoms with Gasteiger partial charge < -0.3 is 5.32 Å². The van der Waals surface area contributed by atoms with Gasteiger partial charge in [-0.25, -0.2) is 21.6 Å². The Morgan fingerprint density at radius 2 is 1.35 bits per heavy atom. The van der Waals surface area contributed by atoms with E-state index in [1.165, 1.54) is 36.4 Å². The predicted molar refractivity (Wildman–Crippen MR) is 117 cm³/mol. The molecule has 0 heterocycles. The number of alkyl halides is 3. The van der Waals surface area contributed by atoms with Crippen molar-refractivity contribution in [3.63, 3.8) is 0 Å². The molecule has 0 aliphatic rings. The number of hydrogen-bond donors (Lipinski definition) is 2. The van der Waals surface area contributed by atoms with Gasteiger partial charge in [0.1, 0.15) is 0 Å². The maximum Gasteiger partial charge on any atom is 0.417 e. The zero-order valence-electron chi connectivity index (χ0n) is 17.4. The zero-order valence-corrected chi connectivity index (χ0v) is 19.0. The molecule has 3 aromatic rings. The van der Waals surface area contributed by atoms with Crippen LogP contribution in [0.5, 0.6) is 0 Å². The summed E-state index contributed by atoms with van der Waals surface area (Å²) in [5.41, 5.74) is -1.19. The highest BCUT2D eigenvalue weighted by Gasteiger charge is 2.38. The molecule has 0 aliphatic carbocycles. The Morgan fingerprint density at radius 3 is 1.94 bits per heavy atom. The number of amides is 1. The third kappa shape index (κ3) is 5.82. The molecule has 0 fully saturated rings. The van der Waals surface area contributed by atoms with Crippen LogP contribution in [0.3, 0.4) is 0 Å². The maximum absolute atomic E-state index is 13.5. The summed E-state index contributed by atoms with van der Waals surface area (Å²) in [4.78, 5) is 9.97. The Balaban J connectivity index is 1.85. The summed E-state index contributed by atoms with van der Waals surface area (Å²) in [6.45, 7) is -0.635. The minimum Gasteiger partial charge on any atom is -0.351 e. The molecule has 0 saturated heterocycles. The first-order chi connectivity index (χ1) is 15.9. The lowest BCUT2D eigenvalue weighted by Gasteiger charge is -2.16. The van der Waals surface area contributed by atoms with Crippen LogP contribution in [-0.4, -0.2) is 35.8 Å². The number of carbonyl (C=O) groups excluding carboxylic acids is 1. The van der Waals surface area contributed by atoms with E-state index in [-0.39, 0.29) is 11.4 Å². The Bertz CT molecular complexity index is 1380. The van der Waals surface area contributed by atoms with Gasteiger partial charge in [-0.3, -0.25) is 4.79 Å². The molecule has 12 heteroatoms. The Kier molecular flexibility index (Phi) is 7.44. The van der Waals surface area contributed by atoms with Crippen LogP contribution in [0, 0.1) is 0 Å². The molecular formula is C22H19F3N2O5S2. The third-order valence-electron chi connectivity index (χ3n) is 4.65. The summed E-state index contributed by atoms with van der Waals surface area (Å²) >= 11 is 0. The van der Waals surface area contributed by atoms with Gasteiger partial charge in [-0.15, -0.1) is 0 Å². The number of benzene rings is 3. The fourth-order valence-corrected chi connectivity index (χ4v) is 5.66. The van der Waals surface area contributed by atoms with Gasteiger partial charge in [-0.1, -0.05) is 36.4 Å². The Hall–Kier alpha value is -3.22. The molecule has 0 unspecified atom stereocenters. The molecule has 0 bridgehead atoms. The average Bonchev–Trinajstić information content (AvgIpc) is 2.82. The summed E-state index contributed by atoms with van der Waals surface area (Å²) in [5.74, 6) is -0.494. The summed E-state index contributed by atoms with van der Waals surface area (Å²) in [5, 5.41) is 2.44. The second kappa shape index (κ2) is 9.95. The highest BCUT2D eigenvalue weighted by Crippen LogP contribution is 2.36. The van der Waals surface area contributed by atoms with Gasteiger partial charge in [0, 0.05) is 18.7 Å². The van der Waals surface area contributed by atoms with Gasteiger partial charge in [0.15, 0.2) is 0 Å². The predicted octanol–water partition coefficient (Wildman–Crippen LogP) is 3.25. The van der Waals surface area contributed by atoms with Gasteiger partial charge in [-0.2, -0.15) is 13.2 Å². The van der Waals surface area contributed by atoms with Crippen LogP contribution in [0.25, 0.3) is 0 Å². The number of hydrogen-bond acceptors (Lipinski definition) is 5. The van der Waals surface area contributed by atoms with Crippen LogP contribution in [0.4, 0.5) is 13.2 Å². The van der Waals surface area contributed by atoms with Gasteiger partial charge in [0.2, 0.25) is 19.9 Å². The molecule has 3 aromatic carbocycles. The van der Waals surface area contributed by atoms with Gasteiger partial charge in [0.05, 0.1) is 20.2 Å². The van der Waals surface area contributed by atoms with E-state index in [2.05, 4.69) is 5.32 Å². The van der Waals surface area contributed by atoms with Crippen molar-refractivity contribution in [3.05, 3.63) is 90.0 Å². The normalized spacial score (nSPS) is 12.3. The standard InChI is InChI=1S/C22H19F3N2O5S2/c23-22(24,25)19-12-11-18(33(29,30)17-9-5-2-6-10-17)15-20(19)34(31,32)27-14-13-26-21(28)16-7-3-1-4-8-16/h1-12,15,27H,13-14H2,(H,26,28). The maximum atomic E-state index is 13.5. The van der Waals surface area contributed by atoms with Crippen LogP contribution in [0.2, 0.25) is 0 Å². The highest BCUT2D eigenvalue weighted by molar-refractivity contribution is 7.91. The molecule has 0 saturated carbocycles. The summed E-state index contributed by atoms with van der Waals surface area (Å²) in [6, 6.07) is 16.6. The van der Waals surface area contributed by atoms with Crippen LogP contribution in [0.15, 0.2) is 93.5 Å². The number of sulfonamides is 1. The quantitative estimate of drug-likeness (QED) is 0.451. The SMILES string of the molecule is O=C(NCCNS(=O)(=O)c1cc(S(=O)(=O)c2ccccc2)ccc1C(F)(F)F)c1ccccc1. The number of carbonyl (C=O) groups is 1. The minimum absolute atomic E-state index is 0.199. The minimum atomic E-state index is -5.05. The Morgan fingerprint density at radius 1 is 0.765 bits per heavy atom. The summed E-state index contributed by atoms with van der Waals surface area (Å²) < 4.78 is 93.5. The molecule has 0 aromatic heterocycles. The van der Waals surface area contributed by atoms with E-state index < -0.39 is 53.8 Å². The lowest BCUT2D eigenvalue weighted by Crippen LogP contribution is -2.35. The zero-order chi connectivity index (χ0) is 25.0. The van der Waals surface area contributed by atoms with Crippen molar-refractivity contribution in [1.82, 2.24) is 10.0 Å². The second-order valence-corrected chi connectivity index (χ2v) is 10.7. The van der Waals surface area contributed by atoms with Crippen molar-refractivity contribution >= 4 is 25.8 Å². The first-order valence-electron chi connectivity index (χ1n) is 9.77. The van der Waals surface area contributed by atoms with E-state index in [1.807, 2.05) is 4.72 Å². The van der Waals surface area contributed by atoms with Gasteiger partial charge in [0.25, 0.3) is 5.91 Å². The Labute approximate surface area is 194 Å². The fraction of sp³-hybridized carbons (Fsp3) is 0.136. The van der Waals surface area contributed by atoms with Crippen LogP contribution < -0.4 is 10.0 Å². The van der Waals surface area contributed by atoms with Crippen LogP contribution in [0.1, 0.15) is 15.9 Å². The molecular weight excluding hydrogens is 493 g/mol. The first kappa shape index (κ1) is 25.4. The molecule has 180 valence electrons. The van der Waals surface area contributed by atoms with E-state index in [0.717, 1.165) is 0 Å². The molecule has 0 spiro atoms. The molecule has 34 heavy (non-hydrogen) atoms. The topological polar surface area (TPSA) is 109 Å². The monoisotopic (exact) mass is 512 g/mol. The molecule has 7 nitrogen and oxygen atoms in total. The van der Waals surface area contributed by atoms with E-state index in [1.54, 1.807) is 24.3 Å². The number of halogens is 3. The van der Waals surface area contributed by atoms with Crippen molar-refractivity contribution in [2.24, 2.45) is 0 Å². The van der Waals surface area contributed by atoms with E-state index >= 15 is 0 Å². The van der Waals surface area contributed by atoms with Gasteiger partial charge in [-0.05, 0) is 42.5 Å². The summed E-state index contributed by atoms with van der Waals surface area (Å²) in [7, 11) is -9.05. The average molecular weight is 513 g/mol. The smallest absolute Gasteiger partial charge is 0.351 e. The van der Waals surface area contributed by atoms with Crippen LogP contribution in [-0.2, 0) is 26.0 Å². The molecule has 0 radical (unpaired) electrons.